The smallest absolute Gasteiger partial charge is 0.272 e. The second kappa shape index (κ2) is 7.99. The zero-order chi connectivity index (χ0) is 22.2. The topological polar surface area (TPSA) is 108 Å². The number of benzene rings is 2. The monoisotopic (exact) mass is 441 g/mol. The van der Waals surface area contributed by atoms with Crippen molar-refractivity contribution in [2.24, 2.45) is 0 Å². The fourth-order valence-electron chi connectivity index (χ4n) is 3.68. The molecule has 9 heteroatoms. The number of carbonyl (C=O) groups is 2. The minimum absolute atomic E-state index is 0.0353. The van der Waals surface area contributed by atoms with Crippen LogP contribution in [0.3, 0.4) is 0 Å². The van der Waals surface area contributed by atoms with E-state index in [0.29, 0.717) is 28.9 Å². The molecule has 3 aromatic rings. The number of sulfonamides is 1. The van der Waals surface area contributed by atoms with Crippen molar-refractivity contribution in [2.45, 2.75) is 31.1 Å². The first-order chi connectivity index (χ1) is 14.7. The Hall–Kier alpha value is -3.46. The first-order valence-corrected chi connectivity index (χ1v) is 11.2. The van der Waals surface area contributed by atoms with E-state index in [9.17, 15) is 22.4 Å². The van der Waals surface area contributed by atoms with Crippen LogP contribution in [0.15, 0.2) is 53.4 Å². The Balaban J connectivity index is 1.50. The van der Waals surface area contributed by atoms with E-state index in [2.05, 4.69) is 15.0 Å². The molecule has 0 saturated carbocycles. The molecule has 0 fully saturated rings. The maximum absolute atomic E-state index is 13.3. The number of aryl methyl sites for hydroxylation is 1. The van der Waals surface area contributed by atoms with E-state index >= 15 is 0 Å². The summed E-state index contributed by atoms with van der Waals surface area (Å²) in [7, 11) is -3.92. The number of aromatic nitrogens is 1. The van der Waals surface area contributed by atoms with E-state index in [1.807, 2.05) is 0 Å². The first kappa shape index (κ1) is 20.8. The number of nitrogens with one attached hydrogen (secondary N) is 3. The third kappa shape index (κ3) is 4.22. The van der Waals surface area contributed by atoms with Crippen molar-refractivity contribution in [3.8, 4) is 0 Å². The number of fused-ring (bicyclic) bond motifs is 1. The minimum atomic E-state index is -3.92. The summed E-state index contributed by atoms with van der Waals surface area (Å²) in [5, 5.41) is 2.71. The highest BCUT2D eigenvalue weighted by atomic mass is 32.2. The van der Waals surface area contributed by atoms with Gasteiger partial charge in [-0.25, -0.2) is 12.8 Å². The van der Waals surface area contributed by atoms with Gasteiger partial charge < -0.3 is 10.3 Å². The standard InChI is InChI=1S/C22H20FN3O4S/c1-13-20-18(6-3-7-19(20)27)25-21(13)22(28)24-15-8-10-17(11-9-15)31(29,30)26-16-5-2-4-14(23)12-16/h2,4-5,8-12,25-26H,3,6-7H2,1H3,(H,24,28). The van der Waals surface area contributed by atoms with Crippen molar-refractivity contribution in [3.05, 3.63) is 76.9 Å². The molecule has 7 nitrogen and oxygen atoms in total. The molecule has 1 heterocycles. The second-order valence-electron chi connectivity index (χ2n) is 7.35. The predicted octanol–water partition coefficient (Wildman–Crippen LogP) is 4.03. The number of amides is 1. The summed E-state index contributed by atoms with van der Waals surface area (Å²) in [5.41, 5.74) is 2.83. The van der Waals surface area contributed by atoms with Gasteiger partial charge in [0.05, 0.1) is 10.6 Å². The molecule has 1 aromatic heterocycles. The first-order valence-electron chi connectivity index (χ1n) is 9.69. The normalized spacial score (nSPS) is 13.5. The predicted molar refractivity (Wildman–Crippen MR) is 114 cm³/mol. The van der Waals surface area contributed by atoms with Crippen molar-refractivity contribution in [1.29, 1.82) is 0 Å². The van der Waals surface area contributed by atoms with Crippen LogP contribution < -0.4 is 10.0 Å². The van der Waals surface area contributed by atoms with Crippen LogP contribution in [0.5, 0.6) is 0 Å². The molecule has 0 spiro atoms. The number of hydrogen-bond acceptors (Lipinski definition) is 4. The maximum atomic E-state index is 13.3. The number of carbonyl (C=O) groups excluding carboxylic acids is 2. The molecule has 3 N–H and O–H groups in total. The molecule has 0 saturated heterocycles. The Labute approximate surface area is 178 Å². The number of halogens is 1. The molecule has 160 valence electrons. The molecule has 0 atom stereocenters. The summed E-state index contributed by atoms with van der Waals surface area (Å²) < 4.78 is 40.6. The van der Waals surface area contributed by atoms with Gasteiger partial charge in [0.2, 0.25) is 0 Å². The minimum Gasteiger partial charge on any atom is -0.354 e. The van der Waals surface area contributed by atoms with Crippen molar-refractivity contribution in [3.63, 3.8) is 0 Å². The molecule has 0 aliphatic heterocycles. The lowest BCUT2D eigenvalue weighted by Gasteiger charge is -2.10. The van der Waals surface area contributed by atoms with Crippen LogP contribution in [-0.4, -0.2) is 25.1 Å². The zero-order valence-electron chi connectivity index (χ0n) is 16.7. The highest BCUT2D eigenvalue weighted by Gasteiger charge is 2.26. The summed E-state index contributed by atoms with van der Waals surface area (Å²) in [4.78, 5) is 27.9. The molecule has 2 aromatic carbocycles. The molecule has 0 unspecified atom stereocenters. The highest BCUT2D eigenvalue weighted by molar-refractivity contribution is 7.92. The van der Waals surface area contributed by atoms with Crippen LogP contribution in [0.25, 0.3) is 0 Å². The number of ketones is 1. The van der Waals surface area contributed by atoms with Crippen LogP contribution in [0, 0.1) is 12.7 Å². The lowest BCUT2D eigenvalue weighted by molar-refractivity contribution is 0.0971. The molecular weight excluding hydrogens is 421 g/mol. The Morgan fingerprint density at radius 3 is 2.48 bits per heavy atom. The van der Waals surface area contributed by atoms with Crippen LogP contribution in [0.4, 0.5) is 15.8 Å². The molecule has 1 aliphatic rings. The van der Waals surface area contributed by atoms with Crippen molar-refractivity contribution in [2.75, 3.05) is 10.0 Å². The van der Waals surface area contributed by atoms with E-state index in [1.165, 1.54) is 42.5 Å². The molecular formula is C22H20FN3O4S. The fourth-order valence-corrected chi connectivity index (χ4v) is 4.73. The molecule has 1 amide bonds. The Kier molecular flexibility index (Phi) is 5.36. The van der Waals surface area contributed by atoms with Crippen molar-refractivity contribution >= 4 is 33.1 Å². The van der Waals surface area contributed by atoms with Gasteiger partial charge in [0.1, 0.15) is 11.5 Å². The summed E-state index contributed by atoms with van der Waals surface area (Å²) in [5.74, 6) is -0.927. The van der Waals surface area contributed by atoms with Gasteiger partial charge in [0.15, 0.2) is 5.78 Å². The molecule has 4 rings (SSSR count). The lowest BCUT2D eigenvalue weighted by atomic mass is 9.94. The van der Waals surface area contributed by atoms with E-state index in [0.717, 1.165) is 24.6 Å². The Morgan fingerprint density at radius 1 is 1.06 bits per heavy atom. The van der Waals surface area contributed by atoms with E-state index < -0.39 is 21.7 Å². The number of anilines is 2. The van der Waals surface area contributed by atoms with Gasteiger partial charge in [-0.05, 0) is 67.8 Å². The van der Waals surface area contributed by atoms with Gasteiger partial charge in [0.25, 0.3) is 15.9 Å². The maximum Gasteiger partial charge on any atom is 0.272 e. The Morgan fingerprint density at radius 2 is 1.81 bits per heavy atom. The molecule has 31 heavy (non-hydrogen) atoms. The SMILES string of the molecule is Cc1c(C(=O)Nc2ccc(S(=O)(=O)Nc3cccc(F)c3)cc2)[nH]c2c1C(=O)CCC2. The quantitative estimate of drug-likeness (QED) is 0.555. The van der Waals surface area contributed by atoms with E-state index in [-0.39, 0.29) is 16.4 Å². The van der Waals surface area contributed by atoms with Gasteiger partial charge in [-0.15, -0.1) is 0 Å². The van der Waals surface area contributed by atoms with Gasteiger partial charge in [-0.3, -0.25) is 14.3 Å². The third-order valence-electron chi connectivity index (χ3n) is 5.16. The average molecular weight is 441 g/mol. The second-order valence-corrected chi connectivity index (χ2v) is 9.03. The van der Waals surface area contributed by atoms with E-state index in [1.54, 1.807) is 6.92 Å². The largest absolute Gasteiger partial charge is 0.354 e. The van der Waals surface area contributed by atoms with Gasteiger partial charge in [-0.1, -0.05) is 6.07 Å². The highest BCUT2D eigenvalue weighted by Crippen LogP contribution is 2.27. The zero-order valence-corrected chi connectivity index (χ0v) is 17.5. The number of Topliss-reactive ketones (excluding diaryl/α,β-unsaturated/α-hetero) is 1. The summed E-state index contributed by atoms with van der Waals surface area (Å²) in [6.07, 6.45) is 1.96. The number of hydrogen-bond donors (Lipinski definition) is 3. The molecule has 0 bridgehead atoms. The lowest BCUT2D eigenvalue weighted by Crippen LogP contribution is -2.15. The molecule has 1 aliphatic carbocycles. The van der Waals surface area contributed by atoms with Crippen LogP contribution >= 0.6 is 0 Å². The van der Waals surface area contributed by atoms with Gasteiger partial charge >= 0.3 is 0 Å². The third-order valence-corrected chi connectivity index (χ3v) is 6.56. The van der Waals surface area contributed by atoms with Crippen LogP contribution in [0.2, 0.25) is 0 Å². The summed E-state index contributed by atoms with van der Waals surface area (Å²) in [6.45, 7) is 1.74. The van der Waals surface area contributed by atoms with E-state index in [4.69, 9.17) is 0 Å². The van der Waals surface area contributed by atoms with Gasteiger partial charge in [0, 0.05) is 23.4 Å². The molecule has 0 radical (unpaired) electrons. The van der Waals surface area contributed by atoms with Crippen LogP contribution in [-0.2, 0) is 16.4 Å². The van der Waals surface area contributed by atoms with Gasteiger partial charge in [-0.2, -0.15) is 0 Å². The number of rotatable bonds is 5. The Bertz CT molecular complexity index is 1280. The van der Waals surface area contributed by atoms with Crippen molar-refractivity contribution in [1.82, 2.24) is 4.98 Å². The number of H-pyrrole nitrogens is 1. The number of aromatic amines is 1. The summed E-state index contributed by atoms with van der Waals surface area (Å²) in [6, 6.07) is 10.7. The van der Waals surface area contributed by atoms with Crippen molar-refractivity contribution < 1.29 is 22.4 Å². The van der Waals surface area contributed by atoms with Crippen LogP contribution in [0.1, 0.15) is 44.9 Å². The average Bonchev–Trinajstić information content (AvgIpc) is 3.06. The summed E-state index contributed by atoms with van der Waals surface area (Å²) >= 11 is 0. The fraction of sp³-hybridized carbons (Fsp3) is 0.182.